The summed E-state index contributed by atoms with van der Waals surface area (Å²) in [6, 6.07) is 14.4. The molecule has 4 aromatic rings. The molecule has 0 spiro atoms. The van der Waals surface area contributed by atoms with Crippen molar-refractivity contribution in [2.75, 3.05) is 18.0 Å². The number of fused-ring (bicyclic) bond motifs is 2. The molecule has 1 fully saturated rings. The van der Waals surface area contributed by atoms with Crippen LogP contribution in [0, 0.1) is 6.92 Å². The molecule has 2 aromatic carbocycles. The fraction of sp³-hybridized carbons (Fsp3) is 0.231. The lowest BCUT2D eigenvalue weighted by atomic mass is 9.99. The number of benzene rings is 2. The van der Waals surface area contributed by atoms with Crippen molar-refractivity contribution >= 4 is 45.8 Å². The summed E-state index contributed by atoms with van der Waals surface area (Å²) in [5, 5.41) is 6.57. The first kappa shape index (κ1) is 21.5. The van der Waals surface area contributed by atoms with Crippen LogP contribution in [0.3, 0.4) is 0 Å². The molecule has 0 radical (unpaired) electrons. The number of carbonyl (C=O) groups excluding carboxylic acids is 3. The van der Waals surface area contributed by atoms with Crippen LogP contribution in [0.1, 0.15) is 23.3 Å². The molecule has 6 rings (SSSR count). The van der Waals surface area contributed by atoms with Crippen molar-refractivity contribution in [1.29, 1.82) is 0 Å². The molecular formula is C26H22N4O4S. The summed E-state index contributed by atoms with van der Waals surface area (Å²) < 4.78 is 5.86. The highest BCUT2D eigenvalue weighted by molar-refractivity contribution is 7.09. The number of imide groups is 1. The number of furan rings is 1. The molecule has 2 aliphatic rings. The summed E-state index contributed by atoms with van der Waals surface area (Å²) in [5.74, 6) is -0.481. The molecule has 1 atom stereocenters. The summed E-state index contributed by atoms with van der Waals surface area (Å²) in [4.78, 5) is 46.5. The average Bonchev–Trinajstić information content (AvgIpc) is 3.61. The molecule has 0 saturated carbocycles. The first-order chi connectivity index (χ1) is 16.8. The number of rotatable bonds is 4. The van der Waals surface area contributed by atoms with Gasteiger partial charge in [-0.25, -0.2) is 9.78 Å². The molecule has 9 heteroatoms. The monoisotopic (exact) mass is 486 g/mol. The Morgan fingerprint density at radius 3 is 2.80 bits per heavy atom. The maximum absolute atomic E-state index is 13.3. The first-order valence-electron chi connectivity index (χ1n) is 11.3. The zero-order chi connectivity index (χ0) is 24.3. The van der Waals surface area contributed by atoms with Gasteiger partial charge in [0, 0.05) is 28.6 Å². The number of thiazole rings is 1. The van der Waals surface area contributed by atoms with E-state index in [2.05, 4.69) is 16.4 Å². The van der Waals surface area contributed by atoms with E-state index in [1.807, 2.05) is 42.6 Å². The molecular weight excluding hydrogens is 464 g/mol. The van der Waals surface area contributed by atoms with Gasteiger partial charge >= 0.3 is 6.03 Å². The highest BCUT2D eigenvalue weighted by atomic mass is 32.1. The highest BCUT2D eigenvalue weighted by Gasteiger charge is 2.52. The Kier molecular flexibility index (Phi) is 4.79. The summed E-state index contributed by atoms with van der Waals surface area (Å²) in [7, 11) is 0. The SMILES string of the molecule is Cc1nc(-c2ccc3c(c2)CCN3C(=O)CN2C(=O)NC(C)(c3cc4ccccc4o3)C2=O)cs1. The van der Waals surface area contributed by atoms with Crippen LogP contribution in [0.15, 0.2) is 58.3 Å². The fourth-order valence-corrected chi connectivity index (χ4v) is 5.39. The predicted molar refractivity (Wildman–Crippen MR) is 132 cm³/mol. The Balaban J connectivity index is 1.22. The number of hydrogen-bond acceptors (Lipinski definition) is 6. The van der Waals surface area contributed by atoms with Crippen molar-refractivity contribution in [3.63, 3.8) is 0 Å². The number of anilines is 1. The number of hydrogen-bond donors (Lipinski definition) is 1. The maximum Gasteiger partial charge on any atom is 0.325 e. The molecule has 2 aromatic heterocycles. The summed E-state index contributed by atoms with van der Waals surface area (Å²) >= 11 is 1.60. The molecule has 1 saturated heterocycles. The molecule has 4 amide bonds. The second-order valence-electron chi connectivity index (χ2n) is 8.99. The third-order valence-corrected chi connectivity index (χ3v) is 7.45. The van der Waals surface area contributed by atoms with E-state index in [9.17, 15) is 14.4 Å². The van der Waals surface area contributed by atoms with E-state index in [1.165, 1.54) is 0 Å². The van der Waals surface area contributed by atoms with Gasteiger partial charge in [-0.3, -0.25) is 14.5 Å². The van der Waals surface area contributed by atoms with Crippen LogP contribution in [0.5, 0.6) is 0 Å². The minimum Gasteiger partial charge on any atom is -0.458 e. The minimum atomic E-state index is -1.38. The van der Waals surface area contributed by atoms with E-state index in [0.29, 0.717) is 24.3 Å². The van der Waals surface area contributed by atoms with Gasteiger partial charge in [0.1, 0.15) is 17.9 Å². The zero-order valence-electron chi connectivity index (χ0n) is 19.2. The first-order valence-corrected chi connectivity index (χ1v) is 12.2. The number of amides is 4. The Morgan fingerprint density at radius 2 is 2.03 bits per heavy atom. The largest absolute Gasteiger partial charge is 0.458 e. The van der Waals surface area contributed by atoms with Gasteiger partial charge in [0.2, 0.25) is 5.91 Å². The Bertz CT molecular complexity index is 1490. The van der Waals surface area contributed by atoms with Gasteiger partial charge in [-0.2, -0.15) is 0 Å². The van der Waals surface area contributed by atoms with Gasteiger partial charge in [-0.05, 0) is 50.1 Å². The van der Waals surface area contributed by atoms with Gasteiger partial charge in [0.25, 0.3) is 5.91 Å². The number of carbonyl (C=O) groups is 3. The normalized spacial score (nSPS) is 19.5. The molecule has 35 heavy (non-hydrogen) atoms. The molecule has 1 N–H and O–H groups in total. The van der Waals surface area contributed by atoms with E-state index in [1.54, 1.807) is 35.3 Å². The average molecular weight is 487 g/mol. The van der Waals surface area contributed by atoms with Crippen LogP contribution in [0.4, 0.5) is 10.5 Å². The lowest BCUT2D eigenvalue weighted by Crippen LogP contribution is -2.44. The smallest absolute Gasteiger partial charge is 0.325 e. The van der Waals surface area contributed by atoms with Gasteiger partial charge in [0.15, 0.2) is 5.54 Å². The Hall–Kier alpha value is -3.98. The number of para-hydroxylation sites is 1. The molecule has 8 nitrogen and oxygen atoms in total. The van der Waals surface area contributed by atoms with Crippen molar-refractivity contribution in [2.24, 2.45) is 0 Å². The van der Waals surface area contributed by atoms with E-state index in [0.717, 1.165) is 37.8 Å². The fourth-order valence-electron chi connectivity index (χ4n) is 4.77. The van der Waals surface area contributed by atoms with E-state index >= 15 is 0 Å². The second kappa shape index (κ2) is 7.78. The highest BCUT2D eigenvalue weighted by Crippen LogP contribution is 2.35. The van der Waals surface area contributed by atoms with E-state index < -0.39 is 17.5 Å². The van der Waals surface area contributed by atoms with Crippen LogP contribution in [0.2, 0.25) is 0 Å². The molecule has 176 valence electrons. The van der Waals surface area contributed by atoms with Crippen molar-refractivity contribution in [1.82, 2.24) is 15.2 Å². The Labute approximate surface area is 205 Å². The summed E-state index contributed by atoms with van der Waals surface area (Å²) in [6.07, 6.45) is 0.703. The lowest BCUT2D eigenvalue weighted by molar-refractivity contribution is -0.134. The quantitative estimate of drug-likeness (QED) is 0.436. The molecule has 0 bridgehead atoms. The molecule has 0 aliphatic carbocycles. The van der Waals surface area contributed by atoms with Crippen LogP contribution in [0.25, 0.3) is 22.2 Å². The third-order valence-electron chi connectivity index (χ3n) is 6.68. The van der Waals surface area contributed by atoms with Crippen LogP contribution in [-0.2, 0) is 21.5 Å². The van der Waals surface area contributed by atoms with Gasteiger partial charge < -0.3 is 14.6 Å². The number of urea groups is 1. The van der Waals surface area contributed by atoms with Crippen LogP contribution in [-0.4, -0.2) is 40.8 Å². The standard InChI is InChI=1S/C26H22N4O4S/c1-15-27-19(14-35-15)16-7-8-20-17(11-16)9-10-29(20)23(31)13-30-24(32)26(2,28-25(30)33)22-12-18-5-3-4-6-21(18)34-22/h3-8,11-12,14H,9-10,13H2,1-2H3,(H,28,33). The molecule has 2 aliphatic heterocycles. The van der Waals surface area contributed by atoms with Gasteiger partial charge in [-0.15, -0.1) is 11.3 Å². The van der Waals surface area contributed by atoms with E-state index in [4.69, 9.17) is 4.42 Å². The van der Waals surface area contributed by atoms with E-state index in [-0.39, 0.29) is 12.5 Å². The zero-order valence-corrected chi connectivity index (χ0v) is 20.0. The number of aryl methyl sites for hydroxylation is 1. The van der Waals surface area contributed by atoms with Crippen LogP contribution >= 0.6 is 11.3 Å². The Morgan fingerprint density at radius 1 is 1.20 bits per heavy atom. The topological polar surface area (TPSA) is 95.8 Å². The van der Waals surface area contributed by atoms with Crippen molar-refractivity contribution < 1.29 is 18.8 Å². The lowest BCUT2D eigenvalue weighted by Gasteiger charge is -2.22. The summed E-state index contributed by atoms with van der Waals surface area (Å²) in [6.45, 7) is 3.73. The third kappa shape index (κ3) is 3.42. The van der Waals surface area contributed by atoms with Crippen molar-refractivity contribution in [3.8, 4) is 11.3 Å². The van der Waals surface area contributed by atoms with Gasteiger partial charge in [0.05, 0.1) is 10.7 Å². The van der Waals surface area contributed by atoms with Crippen molar-refractivity contribution in [2.45, 2.75) is 25.8 Å². The minimum absolute atomic E-state index is 0.307. The number of nitrogens with zero attached hydrogens (tertiary/aromatic N) is 3. The molecule has 4 heterocycles. The van der Waals surface area contributed by atoms with Gasteiger partial charge in [-0.1, -0.05) is 24.3 Å². The predicted octanol–water partition coefficient (Wildman–Crippen LogP) is 4.22. The molecule has 1 unspecified atom stereocenters. The van der Waals surface area contributed by atoms with Crippen LogP contribution < -0.4 is 10.2 Å². The number of nitrogens with one attached hydrogen (secondary N) is 1. The number of aromatic nitrogens is 1. The van der Waals surface area contributed by atoms with Crippen molar-refractivity contribution in [3.05, 3.63) is 70.2 Å². The summed E-state index contributed by atoms with van der Waals surface area (Å²) in [5.41, 5.74) is 3.03. The maximum atomic E-state index is 13.3. The second-order valence-corrected chi connectivity index (χ2v) is 10.0.